The lowest BCUT2D eigenvalue weighted by atomic mass is 10.1. The quantitative estimate of drug-likeness (QED) is 0.446. The second kappa shape index (κ2) is 9.76. The SMILES string of the molecule is Cc1cc(C)cc(Oc2ccc([N+](=O)[O-])cc2S(=O)(=O)N2CCN(CC3CCCO3)CC2)c1. The van der Waals surface area contributed by atoms with Crippen molar-refractivity contribution in [3.63, 3.8) is 0 Å². The Hall–Kier alpha value is -2.53. The smallest absolute Gasteiger partial charge is 0.271 e. The molecule has 10 heteroatoms. The Morgan fingerprint density at radius 2 is 1.79 bits per heavy atom. The summed E-state index contributed by atoms with van der Waals surface area (Å²) in [6, 6.07) is 9.29. The minimum absolute atomic E-state index is 0.0763. The fraction of sp³-hybridized carbons (Fsp3) is 0.478. The molecule has 0 N–H and O–H groups in total. The van der Waals surface area contributed by atoms with E-state index in [4.69, 9.17) is 9.47 Å². The molecule has 2 aliphatic rings. The zero-order valence-corrected chi connectivity index (χ0v) is 19.7. The van der Waals surface area contributed by atoms with Crippen LogP contribution in [0.2, 0.25) is 0 Å². The van der Waals surface area contributed by atoms with Crippen LogP contribution in [-0.2, 0) is 14.8 Å². The van der Waals surface area contributed by atoms with Crippen molar-refractivity contribution in [1.82, 2.24) is 9.21 Å². The third-order valence-corrected chi connectivity index (χ3v) is 7.92. The first kappa shape index (κ1) is 23.6. The number of sulfonamides is 1. The van der Waals surface area contributed by atoms with Gasteiger partial charge in [0.2, 0.25) is 10.0 Å². The van der Waals surface area contributed by atoms with Gasteiger partial charge in [-0.1, -0.05) is 6.07 Å². The number of nitro benzene ring substituents is 1. The lowest BCUT2D eigenvalue weighted by Gasteiger charge is -2.35. The molecule has 4 rings (SSSR count). The van der Waals surface area contributed by atoms with Crippen LogP contribution in [-0.4, -0.2) is 68.0 Å². The van der Waals surface area contributed by atoms with Gasteiger partial charge in [-0.25, -0.2) is 8.42 Å². The van der Waals surface area contributed by atoms with Crippen molar-refractivity contribution >= 4 is 15.7 Å². The number of nitro groups is 1. The zero-order valence-electron chi connectivity index (χ0n) is 18.9. The van der Waals surface area contributed by atoms with E-state index in [-0.39, 0.29) is 22.4 Å². The van der Waals surface area contributed by atoms with E-state index in [2.05, 4.69) is 4.90 Å². The van der Waals surface area contributed by atoms with Gasteiger partial charge in [-0.2, -0.15) is 4.31 Å². The lowest BCUT2D eigenvalue weighted by Crippen LogP contribution is -2.50. The van der Waals surface area contributed by atoms with E-state index in [1.54, 1.807) is 12.1 Å². The molecule has 33 heavy (non-hydrogen) atoms. The molecule has 2 saturated heterocycles. The highest BCUT2D eigenvalue weighted by atomic mass is 32.2. The molecule has 0 aromatic heterocycles. The van der Waals surface area contributed by atoms with Crippen LogP contribution < -0.4 is 4.74 Å². The Balaban J connectivity index is 1.57. The van der Waals surface area contributed by atoms with Gasteiger partial charge in [-0.3, -0.25) is 15.0 Å². The first-order valence-corrected chi connectivity index (χ1v) is 12.5. The molecule has 2 fully saturated rings. The molecular weight excluding hydrogens is 446 g/mol. The molecule has 2 aromatic rings. The van der Waals surface area contributed by atoms with Crippen molar-refractivity contribution in [3.05, 3.63) is 57.6 Å². The van der Waals surface area contributed by atoms with Crippen LogP contribution in [0.15, 0.2) is 41.3 Å². The van der Waals surface area contributed by atoms with Gasteiger partial charge in [0.1, 0.15) is 16.4 Å². The number of nitrogens with zero attached hydrogens (tertiary/aromatic N) is 3. The van der Waals surface area contributed by atoms with Gasteiger partial charge >= 0.3 is 0 Å². The van der Waals surface area contributed by atoms with Gasteiger partial charge < -0.3 is 9.47 Å². The normalized spacial score (nSPS) is 20.1. The third kappa shape index (κ3) is 5.52. The summed E-state index contributed by atoms with van der Waals surface area (Å²) in [4.78, 5) is 12.8. The summed E-state index contributed by atoms with van der Waals surface area (Å²) in [6.45, 7) is 7.21. The maximum absolute atomic E-state index is 13.5. The van der Waals surface area contributed by atoms with Crippen molar-refractivity contribution < 1.29 is 22.8 Å². The van der Waals surface area contributed by atoms with Crippen LogP contribution in [0.25, 0.3) is 0 Å². The number of hydrogen-bond acceptors (Lipinski definition) is 7. The maximum Gasteiger partial charge on any atom is 0.271 e. The highest BCUT2D eigenvalue weighted by Gasteiger charge is 2.33. The summed E-state index contributed by atoms with van der Waals surface area (Å²) in [5.74, 6) is 0.562. The second-order valence-corrected chi connectivity index (χ2v) is 10.6. The minimum Gasteiger partial charge on any atom is -0.456 e. The van der Waals surface area contributed by atoms with Gasteiger partial charge in [-0.05, 0) is 56.0 Å². The van der Waals surface area contributed by atoms with Gasteiger partial charge in [0.25, 0.3) is 5.69 Å². The predicted octanol–water partition coefficient (Wildman–Crippen LogP) is 3.49. The van der Waals surface area contributed by atoms with Crippen LogP contribution in [0, 0.1) is 24.0 Å². The summed E-state index contributed by atoms with van der Waals surface area (Å²) in [7, 11) is -3.99. The second-order valence-electron chi connectivity index (χ2n) is 8.65. The van der Waals surface area contributed by atoms with E-state index in [1.807, 2.05) is 19.9 Å². The summed E-state index contributed by atoms with van der Waals surface area (Å²) in [5.41, 5.74) is 1.65. The molecule has 1 unspecified atom stereocenters. The summed E-state index contributed by atoms with van der Waals surface area (Å²) in [5, 5.41) is 11.4. The van der Waals surface area contributed by atoms with Gasteiger partial charge in [-0.15, -0.1) is 0 Å². The van der Waals surface area contributed by atoms with Gasteiger partial charge in [0, 0.05) is 51.5 Å². The lowest BCUT2D eigenvalue weighted by molar-refractivity contribution is -0.385. The molecule has 0 aliphatic carbocycles. The van der Waals surface area contributed by atoms with Crippen LogP contribution in [0.3, 0.4) is 0 Å². The van der Waals surface area contributed by atoms with E-state index in [9.17, 15) is 18.5 Å². The topological polar surface area (TPSA) is 102 Å². The average molecular weight is 476 g/mol. The molecule has 9 nitrogen and oxygen atoms in total. The number of hydrogen-bond donors (Lipinski definition) is 0. The van der Waals surface area contributed by atoms with Crippen molar-refractivity contribution in [2.45, 2.75) is 37.7 Å². The number of piperazine rings is 1. The molecule has 0 amide bonds. The Bertz CT molecular complexity index is 1100. The fourth-order valence-electron chi connectivity index (χ4n) is 4.38. The van der Waals surface area contributed by atoms with Crippen molar-refractivity contribution in [1.29, 1.82) is 0 Å². The largest absolute Gasteiger partial charge is 0.456 e. The van der Waals surface area contributed by atoms with Crippen LogP contribution in [0.1, 0.15) is 24.0 Å². The first-order valence-electron chi connectivity index (χ1n) is 11.1. The number of non-ortho nitro benzene ring substituents is 1. The molecule has 0 bridgehead atoms. The van der Waals surface area contributed by atoms with E-state index in [0.29, 0.717) is 31.9 Å². The Labute approximate surface area is 194 Å². The summed E-state index contributed by atoms with van der Waals surface area (Å²) < 4.78 is 40.1. The number of benzene rings is 2. The number of aryl methyl sites for hydroxylation is 2. The van der Waals surface area contributed by atoms with Crippen LogP contribution >= 0.6 is 0 Å². The van der Waals surface area contributed by atoms with Gasteiger partial charge in [0.15, 0.2) is 0 Å². The first-order chi connectivity index (χ1) is 15.7. The molecule has 0 radical (unpaired) electrons. The third-order valence-electron chi connectivity index (χ3n) is 6.00. The molecule has 1 atom stereocenters. The fourth-order valence-corrected chi connectivity index (χ4v) is 5.94. The van der Waals surface area contributed by atoms with Crippen LogP contribution in [0.4, 0.5) is 5.69 Å². The molecule has 0 spiro atoms. The number of rotatable bonds is 7. The Morgan fingerprint density at radius 3 is 2.39 bits per heavy atom. The zero-order chi connectivity index (χ0) is 23.6. The molecule has 0 saturated carbocycles. The summed E-state index contributed by atoms with van der Waals surface area (Å²) in [6.07, 6.45) is 2.31. The predicted molar refractivity (Wildman–Crippen MR) is 123 cm³/mol. The molecule has 178 valence electrons. The molecule has 2 aliphatic heterocycles. The van der Waals surface area contributed by atoms with E-state index >= 15 is 0 Å². The van der Waals surface area contributed by atoms with E-state index in [1.165, 1.54) is 16.4 Å². The highest BCUT2D eigenvalue weighted by molar-refractivity contribution is 7.89. The van der Waals surface area contributed by atoms with Gasteiger partial charge in [0.05, 0.1) is 11.0 Å². The standard InChI is InChI=1S/C23H29N3O6S/c1-17-12-18(2)14-21(13-17)32-22-6-5-19(26(27)28)15-23(22)33(29,30)25-9-7-24(8-10-25)16-20-4-3-11-31-20/h5-6,12-15,20H,3-4,7-11,16H2,1-2H3. The Morgan fingerprint density at radius 1 is 1.09 bits per heavy atom. The van der Waals surface area contributed by atoms with Crippen molar-refractivity contribution in [3.8, 4) is 11.5 Å². The average Bonchev–Trinajstić information content (AvgIpc) is 3.26. The minimum atomic E-state index is -3.99. The molecule has 2 heterocycles. The number of ether oxygens (including phenoxy) is 2. The van der Waals surface area contributed by atoms with Crippen molar-refractivity contribution in [2.75, 3.05) is 39.3 Å². The molecular formula is C23H29N3O6S. The monoisotopic (exact) mass is 475 g/mol. The summed E-state index contributed by atoms with van der Waals surface area (Å²) >= 11 is 0. The maximum atomic E-state index is 13.5. The van der Waals surface area contributed by atoms with E-state index < -0.39 is 14.9 Å². The molecule has 2 aromatic carbocycles. The highest BCUT2D eigenvalue weighted by Crippen LogP contribution is 2.35. The Kier molecular flexibility index (Phi) is 6.99. The van der Waals surface area contributed by atoms with Crippen LogP contribution in [0.5, 0.6) is 11.5 Å². The van der Waals surface area contributed by atoms with Crippen molar-refractivity contribution in [2.24, 2.45) is 0 Å². The van der Waals surface area contributed by atoms with E-state index in [0.717, 1.165) is 43.2 Å².